The fourth-order valence-electron chi connectivity index (χ4n) is 3.72. The predicted octanol–water partition coefficient (Wildman–Crippen LogP) is 5.23. The van der Waals surface area contributed by atoms with Crippen LogP contribution in [0.2, 0.25) is 10.0 Å². The second kappa shape index (κ2) is 8.01. The minimum atomic E-state index is -0.992. The van der Waals surface area contributed by atoms with Crippen molar-refractivity contribution in [3.8, 4) is 5.75 Å². The number of methoxy groups -OCH3 is 1. The topological polar surface area (TPSA) is 66.8 Å². The van der Waals surface area contributed by atoms with E-state index in [2.05, 4.69) is 0 Å². The molecule has 152 valence electrons. The zero-order chi connectivity index (χ0) is 21.4. The van der Waals surface area contributed by atoms with Crippen LogP contribution in [-0.4, -0.2) is 30.1 Å². The van der Waals surface area contributed by atoms with Gasteiger partial charge < -0.3 is 14.7 Å². The Morgan fingerprint density at radius 3 is 2.50 bits per heavy atom. The van der Waals surface area contributed by atoms with Crippen LogP contribution in [0.15, 0.2) is 60.2 Å². The first kappa shape index (κ1) is 20.3. The number of benzene rings is 2. The smallest absolute Gasteiger partial charge is 0.335 e. The zero-order valence-electron chi connectivity index (χ0n) is 15.9. The van der Waals surface area contributed by atoms with Crippen molar-refractivity contribution in [1.82, 2.24) is 0 Å². The van der Waals surface area contributed by atoms with Crippen LogP contribution in [0.3, 0.4) is 0 Å². The molecule has 0 spiro atoms. The van der Waals surface area contributed by atoms with Gasteiger partial charge in [-0.3, -0.25) is 4.79 Å². The number of halogens is 2. The van der Waals surface area contributed by atoms with E-state index in [-0.39, 0.29) is 17.5 Å². The highest BCUT2D eigenvalue weighted by Gasteiger charge is 2.38. The van der Waals surface area contributed by atoms with Crippen molar-refractivity contribution in [1.29, 1.82) is 0 Å². The molecule has 2 aromatic rings. The van der Waals surface area contributed by atoms with E-state index in [4.69, 9.17) is 27.9 Å². The van der Waals surface area contributed by atoms with E-state index in [0.29, 0.717) is 44.6 Å². The summed E-state index contributed by atoms with van der Waals surface area (Å²) >= 11 is 12.7. The molecule has 1 unspecified atom stereocenters. The number of ether oxygens (including phenoxy) is 1. The standard InChI is InChI=1S/C23H17Cl2NO4/c1-30-20-7-3-6-19-21(20)16(12-15-17(24)4-2-5-18(15)25)22(27)26(19)14-10-8-13(9-11-14)23(28)29/h2-10,12,14H,11H2,1H3,(H,28,29)/b16-12-. The van der Waals surface area contributed by atoms with Crippen LogP contribution in [0.4, 0.5) is 5.69 Å². The number of fused-ring (bicyclic) bond motifs is 1. The molecule has 1 aliphatic heterocycles. The summed E-state index contributed by atoms with van der Waals surface area (Å²) in [4.78, 5) is 26.4. The van der Waals surface area contributed by atoms with Gasteiger partial charge in [0, 0.05) is 15.6 Å². The Balaban J connectivity index is 1.84. The Labute approximate surface area is 183 Å². The highest BCUT2D eigenvalue weighted by atomic mass is 35.5. The first-order valence-corrected chi connectivity index (χ1v) is 9.96. The Morgan fingerprint density at radius 2 is 1.90 bits per heavy atom. The van der Waals surface area contributed by atoms with Crippen molar-refractivity contribution >= 4 is 52.4 Å². The third kappa shape index (κ3) is 3.40. The van der Waals surface area contributed by atoms with Crippen molar-refractivity contribution in [2.24, 2.45) is 0 Å². The van der Waals surface area contributed by atoms with E-state index in [0.717, 1.165) is 0 Å². The van der Waals surface area contributed by atoms with Crippen molar-refractivity contribution in [2.45, 2.75) is 12.5 Å². The molecule has 0 fully saturated rings. The number of anilines is 1. The predicted molar refractivity (Wildman–Crippen MR) is 118 cm³/mol. The maximum Gasteiger partial charge on any atom is 0.335 e. The number of aliphatic carboxylic acids is 1. The van der Waals surface area contributed by atoms with Gasteiger partial charge in [0.15, 0.2) is 0 Å². The van der Waals surface area contributed by atoms with E-state index in [1.807, 2.05) is 12.1 Å². The molecule has 0 aromatic heterocycles. The number of carbonyl (C=O) groups is 2. The Kier molecular flexibility index (Phi) is 5.41. The summed E-state index contributed by atoms with van der Waals surface area (Å²) in [6.45, 7) is 0. The molecule has 2 aliphatic rings. The number of carbonyl (C=O) groups excluding carboxylic acids is 1. The third-order valence-corrected chi connectivity index (χ3v) is 5.81. The third-order valence-electron chi connectivity index (χ3n) is 5.15. The lowest BCUT2D eigenvalue weighted by molar-refractivity contribution is -0.132. The SMILES string of the molecule is COc1cccc2c1/C(=C/c1c(Cl)cccc1Cl)C(=O)N2C1C=CC(C(=O)O)=CC1. The normalized spacial score (nSPS) is 19.1. The molecule has 4 rings (SSSR count). The molecule has 0 saturated heterocycles. The lowest BCUT2D eigenvalue weighted by atomic mass is 10.0. The number of nitrogens with zero attached hydrogens (tertiary/aromatic N) is 1. The molecular weight excluding hydrogens is 425 g/mol. The lowest BCUT2D eigenvalue weighted by Gasteiger charge is -2.27. The van der Waals surface area contributed by atoms with E-state index in [1.165, 1.54) is 6.08 Å². The minimum absolute atomic E-state index is 0.211. The molecule has 2 aromatic carbocycles. The summed E-state index contributed by atoms with van der Waals surface area (Å²) in [5, 5.41) is 10.0. The summed E-state index contributed by atoms with van der Waals surface area (Å²) < 4.78 is 5.52. The maximum absolute atomic E-state index is 13.5. The van der Waals surface area contributed by atoms with Gasteiger partial charge in [-0.25, -0.2) is 4.79 Å². The molecule has 1 atom stereocenters. The van der Waals surface area contributed by atoms with Crippen molar-refractivity contribution in [3.05, 3.63) is 81.4 Å². The first-order chi connectivity index (χ1) is 14.4. The Bertz CT molecular complexity index is 1130. The highest BCUT2D eigenvalue weighted by Crippen LogP contribution is 2.46. The molecule has 0 saturated carbocycles. The van der Waals surface area contributed by atoms with Crippen molar-refractivity contribution < 1.29 is 19.4 Å². The summed E-state index contributed by atoms with van der Waals surface area (Å²) in [6, 6.07) is 10.3. The Hall–Kier alpha value is -3.02. The first-order valence-electron chi connectivity index (χ1n) is 9.20. The molecule has 7 heteroatoms. The second-order valence-corrected chi connectivity index (χ2v) is 7.66. The average Bonchev–Trinajstić information content (AvgIpc) is 3.02. The fraction of sp³-hybridized carbons (Fsp3) is 0.130. The summed E-state index contributed by atoms with van der Waals surface area (Å²) in [5.74, 6) is -0.667. The number of amides is 1. The van der Waals surface area contributed by atoms with Crippen LogP contribution in [0.5, 0.6) is 5.75 Å². The maximum atomic E-state index is 13.5. The molecular formula is C23H17Cl2NO4. The monoisotopic (exact) mass is 441 g/mol. The van der Waals surface area contributed by atoms with Gasteiger partial charge in [0.05, 0.1) is 35.5 Å². The number of hydrogen-bond donors (Lipinski definition) is 1. The molecule has 1 N–H and O–H groups in total. The molecule has 1 amide bonds. The van der Waals surface area contributed by atoms with E-state index in [9.17, 15) is 14.7 Å². The van der Waals surface area contributed by atoms with E-state index in [1.54, 1.807) is 54.5 Å². The number of rotatable bonds is 4. The molecule has 1 heterocycles. The zero-order valence-corrected chi connectivity index (χ0v) is 17.4. The van der Waals surface area contributed by atoms with Gasteiger partial charge in [-0.2, -0.15) is 0 Å². The molecule has 1 aliphatic carbocycles. The van der Waals surface area contributed by atoms with Gasteiger partial charge in [-0.15, -0.1) is 0 Å². The van der Waals surface area contributed by atoms with Gasteiger partial charge in [0.25, 0.3) is 5.91 Å². The summed E-state index contributed by atoms with van der Waals surface area (Å²) in [7, 11) is 1.55. The lowest BCUT2D eigenvalue weighted by Crippen LogP contribution is -2.37. The Morgan fingerprint density at radius 1 is 1.20 bits per heavy atom. The van der Waals surface area contributed by atoms with Crippen molar-refractivity contribution in [3.63, 3.8) is 0 Å². The van der Waals surface area contributed by atoms with Crippen LogP contribution < -0.4 is 9.64 Å². The molecule has 0 radical (unpaired) electrons. The average molecular weight is 442 g/mol. The van der Waals surface area contributed by atoms with E-state index >= 15 is 0 Å². The molecule has 5 nitrogen and oxygen atoms in total. The molecule has 0 bridgehead atoms. The summed E-state index contributed by atoms with van der Waals surface area (Å²) in [6.07, 6.45) is 6.94. The van der Waals surface area contributed by atoms with Crippen LogP contribution in [-0.2, 0) is 9.59 Å². The molecule has 30 heavy (non-hydrogen) atoms. The van der Waals surface area contributed by atoms with Crippen LogP contribution in [0.25, 0.3) is 11.6 Å². The van der Waals surface area contributed by atoms with Gasteiger partial charge in [-0.1, -0.05) is 47.5 Å². The summed E-state index contributed by atoms with van der Waals surface area (Å²) in [5.41, 5.74) is 2.52. The van der Waals surface area contributed by atoms with Gasteiger partial charge in [0.1, 0.15) is 5.75 Å². The second-order valence-electron chi connectivity index (χ2n) is 6.85. The van der Waals surface area contributed by atoms with Crippen LogP contribution in [0.1, 0.15) is 17.5 Å². The largest absolute Gasteiger partial charge is 0.496 e. The fourth-order valence-corrected chi connectivity index (χ4v) is 4.23. The number of hydrogen-bond acceptors (Lipinski definition) is 3. The van der Waals surface area contributed by atoms with Gasteiger partial charge >= 0.3 is 5.97 Å². The van der Waals surface area contributed by atoms with Gasteiger partial charge in [-0.05, 0) is 42.8 Å². The number of carboxylic acids is 1. The van der Waals surface area contributed by atoms with Crippen molar-refractivity contribution in [2.75, 3.05) is 12.0 Å². The number of carboxylic acid groups (broad SMARTS) is 1. The van der Waals surface area contributed by atoms with E-state index < -0.39 is 5.97 Å². The van der Waals surface area contributed by atoms with Crippen LogP contribution in [0, 0.1) is 0 Å². The van der Waals surface area contributed by atoms with Gasteiger partial charge in [0.2, 0.25) is 0 Å². The van der Waals surface area contributed by atoms with Crippen LogP contribution >= 0.6 is 23.2 Å². The highest BCUT2D eigenvalue weighted by molar-refractivity contribution is 6.41. The minimum Gasteiger partial charge on any atom is -0.496 e. The quantitative estimate of drug-likeness (QED) is 0.659.